The van der Waals surface area contributed by atoms with Gasteiger partial charge in [0.2, 0.25) is 0 Å². The molecule has 2 aromatic rings. The van der Waals surface area contributed by atoms with Crippen molar-refractivity contribution in [3.05, 3.63) is 59.2 Å². The molecule has 0 bridgehead atoms. The monoisotopic (exact) mass is 479 g/mol. The Kier molecular flexibility index (Phi) is 6.85. The first-order valence-electron chi connectivity index (χ1n) is 9.84. The number of amides is 1. The number of esters is 2. The number of ether oxygens (including phenoxy) is 4. The minimum absolute atomic E-state index is 0.0354. The molecule has 11 heteroatoms. The van der Waals surface area contributed by atoms with Gasteiger partial charge in [-0.05, 0) is 42.0 Å². The summed E-state index contributed by atoms with van der Waals surface area (Å²) in [6.07, 6.45) is -3.28. The fourth-order valence-corrected chi connectivity index (χ4v) is 2.95. The number of halogens is 3. The highest BCUT2D eigenvalue weighted by atomic mass is 19.4. The smallest absolute Gasteiger partial charge is 0.416 e. The minimum atomic E-state index is -4.54. The maximum Gasteiger partial charge on any atom is 0.416 e. The van der Waals surface area contributed by atoms with E-state index in [9.17, 15) is 27.6 Å². The Morgan fingerprint density at radius 3 is 2.35 bits per heavy atom. The Balaban J connectivity index is 1.68. The zero-order valence-electron chi connectivity index (χ0n) is 18.3. The second kappa shape index (κ2) is 9.46. The first kappa shape index (κ1) is 24.6. The van der Waals surface area contributed by atoms with Crippen LogP contribution >= 0.6 is 0 Å². The average Bonchev–Trinajstić information content (AvgIpc) is 2.74. The third kappa shape index (κ3) is 6.06. The van der Waals surface area contributed by atoms with Crippen molar-refractivity contribution in [2.24, 2.45) is 0 Å². The van der Waals surface area contributed by atoms with Crippen LogP contribution in [0.25, 0.3) is 6.08 Å². The molecule has 0 aromatic heterocycles. The molecule has 180 valence electrons. The summed E-state index contributed by atoms with van der Waals surface area (Å²) in [7, 11) is 1.34. The van der Waals surface area contributed by atoms with E-state index in [1.54, 1.807) is 0 Å². The summed E-state index contributed by atoms with van der Waals surface area (Å²) in [5.41, 5.74) is -0.851. The van der Waals surface area contributed by atoms with E-state index in [4.69, 9.17) is 18.9 Å². The quantitative estimate of drug-likeness (QED) is 0.380. The van der Waals surface area contributed by atoms with E-state index < -0.39 is 42.0 Å². The number of anilines is 1. The molecule has 0 saturated carbocycles. The summed E-state index contributed by atoms with van der Waals surface area (Å²) in [6.45, 7) is 2.34. The second-order valence-corrected chi connectivity index (χ2v) is 7.56. The number of hydrogen-bond donors (Lipinski definition) is 1. The topological polar surface area (TPSA) is 100 Å². The summed E-state index contributed by atoms with van der Waals surface area (Å²) in [5, 5.41) is 2.33. The highest BCUT2D eigenvalue weighted by Gasteiger charge is 2.38. The number of alkyl halides is 3. The van der Waals surface area contributed by atoms with E-state index in [1.807, 2.05) is 0 Å². The van der Waals surface area contributed by atoms with Gasteiger partial charge in [0.25, 0.3) is 11.7 Å². The van der Waals surface area contributed by atoms with Gasteiger partial charge in [0, 0.05) is 19.5 Å². The van der Waals surface area contributed by atoms with Gasteiger partial charge in [0.15, 0.2) is 18.1 Å². The lowest BCUT2D eigenvalue weighted by Gasteiger charge is -2.29. The van der Waals surface area contributed by atoms with Gasteiger partial charge in [-0.15, -0.1) is 0 Å². The highest BCUT2D eigenvalue weighted by molar-refractivity contribution is 6.18. The molecule has 1 saturated heterocycles. The van der Waals surface area contributed by atoms with Crippen LogP contribution in [0.2, 0.25) is 0 Å². The lowest BCUT2D eigenvalue weighted by Crippen LogP contribution is -2.41. The van der Waals surface area contributed by atoms with Crippen LogP contribution in [0.3, 0.4) is 0 Å². The maximum atomic E-state index is 12.8. The molecule has 1 N–H and O–H groups in total. The van der Waals surface area contributed by atoms with E-state index >= 15 is 0 Å². The van der Waals surface area contributed by atoms with Crippen molar-refractivity contribution in [3.63, 3.8) is 0 Å². The van der Waals surface area contributed by atoms with Crippen LogP contribution in [0.15, 0.2) is 48.0 Å². The summed E-state index contributed by atoms with van der Waals surface area (Å²) >= 11 is 0. The van der Waals surface area contributed by atoms with Gasteiger partial charge in [-0.3, -0.25) is 4.79 Å². The van der Waals surface area contributed by atoms with Crippen LogP contribution in [0, 0.1) is 0 Å². The predicted octanol–water partition coefficient (Wildman–Crippen LogP) is 3.95. The Bertz CT molecular complexity index is 1130. The van der Waals surface area contributed by atoms with Crippen LogP contribution in [0.1, 0.15) is 25.0 Å². The van der Waals surface area contributed by atoms with Crippen molar-refractivity contribution in [2.45, 2.75) is 25.8 Å². The number of cyclic esters (lactones) is 2. The van der Waals surface area contributed by atoms with E-state index in [2.05, 4.69) is 5.32 Å². The average molecular weight is 479 g/mol. The number of methoxy groups -OCH3 is 1. The molecule has 1 aliphatic heterocycles. The van der Waals surface area contributed by atoms with Crippen molar-refractivity contribution in [1.29, 1.82) is 0 Å². The zero-order chi connectivity index (χ0) is 25.1. The lowest BCUT2D eigenvalue weighted by atomic mass is 10.1. The highest BCUT2D eigenvalue weighted by Crippen LogP contribution is 2.32. The van der Waals surface area contributed by atoms with Gasteiger partial charge in [-0.1, -0.05) is 12.1 Å². The molecule has 1 amide bonds. The summed E-state index contributed by atoms with van der Waals surface area (Å²) < 4.78 is 59.1. The van der Waals surface area contributed by atoms with E-state index in [1.165, 1.54) is 57.4 Å². The molecule has 34 heavy (non-hydrogen) atoms. The molecule has 8 nitrogen and oxygen atoms in total. The molecule has 0 atom stereocenters. The Morgan fingerprint density at radius 2 is 1.74 bits per heavy atom. The van der Waals surface area contributed by atoms with Gasteiger partial charge in [-0.2, -0.15) is 13.2 Å². The van der Waals surface area contributed by atoms with Crippen LogP contribution < -0.4 is 14.8 Å². The fourth-order valence-electron chi connectivity index (χ4n) is 2.95. The summed E-state index contributed by atoms with van der Waals surface area (Å²) in [4.78, 5) is 36.3. The van der Waals surface area contributed by atoms with E-state index in [0.717, 1.165) is 12.1 Å². The standard InChI is InChI=1S/C23H20F3NO7/c1-22(2)33-20(29)16(21(30)34-22)9-13-7-8-17(18(10-13)31-3)32-12-19(28)27-15-6-4-5-14(11-15)23(24,25)26/h4-11H,12H2,1-3H3,(H,27,28). The number of carbonyl (C=O) groups is 3. The molecule has 0 radical (unpaired) electrons. The molecule has 3 rings (SSSR count). The zero-order valence-corrected chi connectivity index (χ0v) is 18.3. The molecule has 1 heterocycles. The largest absolute Gasteiger partial charge is 0.493 e. The molecular formula is C23H20F3NO7. The molecule has 0 unspecified atom stereocenters. The van der Waals surface area contributed by atoms with E-state index in [-0.39, 0.29) is 22.8 Å². The van der Waals surface area contributed by atoms with Crippen LogP contribution in [0.4, 0.5) is 18.9 Å². The first-order chi connectivity index (χ1) is 15.9. The third-order valence-corrected chi connectivity index (χ3v) is 4.45. The molecule has 0 aliphatic carbocycles. The van der Waals surface area contributed by atoms with Crippen molar-refractivity contribution < 1.29 is 46.5 Å². The van der Waals surface area contributed by atoms with Crippen LogP contribution in [-0.4, -0.2) is 37.3 Å². The normalized spacial score (nSPS) is 15.2. The molecule has 2 aromatic carbocycles. The molecule has 1 fully saturated rings. The second-order valence-electron chi connectivity index (χ2n) is 7.56. The van der Waals surface area contributed by atoms with Gasteiger partial charge >= 0.3 is 18.1 Å². The van der Waals surface area contributed by atoms with Crippen LogP contribution in [0.5, 0.6) is 11.5 Å². The Morgan fingerprint density at radius 1 is 1.06 bits per heavy atom. The van der Waals surface area contributed by atoms with Crippen LogP contribution in [-0.2, 0) is 30.0 Å². The first-order valence-corrected chi connectivity index (χ1v) is 9.84. The number of hydrogen-bond acceptors (Lipinski definition) is 7. The molecule has 1 aliphatic rings. The predicted molar refractivity (Wildman–Crippen MR) is 113 cm³/mol. The van der Waals surface area contributed by atoms with E-state index in [0.29, 0.717) is 5.56 Å². The third-order valence-electron chi connectivity index (χ3n) is 4.45. The van der Waals surface area contributed by atoms with Gasteiger partial charge in [0.05, 0.1) is 12.7 Å². The fraction of sp³-hybridized carbons (Fsp3) is 0.261. The Hall–Kier alpha value is -4.02. The Labute approximate surface area is 192 Å². The molecular weight excluding hydrogens is 459 g/mol. The summed E-state index contributed by atoms with van der Waals surface area (Å²) in [6, 6.07) is 8.58. The SMILES string of the molecule is COc1cc(C=C2C(=O)OC(C)(C)OC2=O)ccc1OCC(=O)Nc1cccc(C(F)(F)F)c1. The maximum absolute atomic E-state index is 12.8. The van der Waals surface area contributed by atoms with Gasteiger partial charge in [0.1, 0.15) is 5.57 Å². The number of carbonyl (C=O) groups excluding carboxylic acids is 3. The van der Waals surface area contributed by atoms with Crippen molar-refractivity contribution in [3.8, 4) is 11.5 Å². The number of nitrogens with one attached hydrogen (secondary N) is 1. The summed E-state index contributed by atoms with van der Waals surface area (Å²) in [5.74, 6) is -3.41. The lowest BCUT2D eigenvalue weighted by molar-refractivity contribution is -0.222. The molecule has 0 spiro atoms. The van der Waals surface area contributed by atoms with Crippen molar-refractivity contribution in [2.75, 3.05) is 19.0 Å². The van der Waals surface area contributed by atoms with Gasteiger partial charge < -0.3 is 24.3 Å². The number of benzene rings is 2. The van der Waals surface area contributed by atoms with Crippen molar-refractivity contribution in [1.82, 2.24) is 0 Å². The van der Waals surface area contributed by atoms with Crippen molar-refractivity contribution >= 4 is 29.6 Å². The minimum Gasteiger partial charge on any atom is -0.493 e. The van der Waals surface area contributed by atoms with Gasteiger partial charge in [-0.25, -0.2) is 9.59 Å². The number of rotatable bonds is 6.